The van der Waals surface area contributed by atoms with Crippen molar-refractivity contribution in [1.82, 2.24) is 5.32 Å². The average Bonchev–Trinajstić information content (AvgIpc) is 2.32. The fourth-order valence-corrected chi connectivity index (χ4v) is 4.43. The van der Waals surface area contributed by atoms with Crippen LogP contribution in [-0.2, 0) is 4.74 Å². The summed E-state index contributed by atoms with van der Waals surface area (Å²) in [4.78, 5) is 0. The topological polar surface area (TPSA) is 21.3 Å². The summed E-state index contributed by atoms with van der Waals surface area (Å²) in [7, 11) is 0. The zero-order valence-electron chi connectivity index (χ0n) is 9.91. The Hall–Kier alpha value is -1.02. The lowest BCUT2D eigenvalue weighted by atomic mass is 9.56. The van der Waals surface area contributed by atoms with Gasteiger partial charge in [0.1, 0.15) is 0 Å². The minimum Gasteiger partial charge on any atom is -0.354 e. The number of rotatable bonds is 0. The molecule has 1 spiro atoms. The molecule has 0 radical (unpaired) electrons. The van der Waals surface area contributed by atoms with E-state index in [1.807, 2.05) is 0 Å². The molecule has 2 heteroatoms. The molecule has 0 amide bonds. The molecule has 6 aliphatic rings. The second-order valence-corrected chi connectivity index (χ2v) is 6.12. The highest BCUT2D eigenvalue weighted by Crippen LogP contribution is 2.60. The highest BCUT2D eigenvalue weighted by atomic mass is 16.5. The molecule has 3 fully saturated rings. The van der Waals surface area contributed by atoms with Crippen LogP contribution in [0.3, 0.4) is 0 Å². The van der Waals surface area contributed by atoms with E-state index in [2.05, 4.69) is 23.5 Å². The summed E-state index contributed by atoms with van der Waals surface area (Å²) in [5, 5.41) is 3.63. The van der Waals surface area contributed by atoms with Crippen LogP contribution in [0.1, 0.15) is 32.1 Å². The van der Waals surface area contributed by atoms with Gasteiger partial charge in [0.25, 0.3) is 0 Å². The van der Waals surface area contributed by atoms with Crippen molar-refractivity contribution in [2.24, 2.45) is 11.8 Å². The van der Waals surface area contributed by atoms with E-state index in [9.17, 15) is 0 Å². The molecule has 3 aliphatic carbocycles. The van der Waals surface area contributed by atoms with Crippen LogP contribution in [0.15, 0.2) is 35.1 Å². The molecular formula is C15H17NO. The summed E-state index contributed by atoms with van der Waals surface area (Å²) < 4.78 is 6.41. The lowest BCUT2D eigenvalue weighted by molar-refractivity contribution is -0.145. The third-order valence-electron chi connectivity index (χ3n) is 5.43. The number of ether oxygens (including phenoxy) is 1. The Kier molecular flexibility index (Phi) is 1.42. The zero-order chi connectivity index (χ0) is 11.0. The normalized spacial score (nSPS) is 48.9. The molecule has 3 heterocycles. The summed E-state index contributed by atoms with van der Waals surface area (Å²) in [6.07, 6.45) is 13.4. The Morgan fingerprint density at radius 2 is 2.29 bits per heavy atom. The predicted molar refractivity (Wildman–Crippen MR) is 65.1 cm³/mol. The summed E-state index contributed by atoms with van der Waals surface area (Å²) in [6, 6.07) is 0. The van der Waals surface area contributed by atoms with Gasteiger partial charge >= 0.3 is 0 Å². The highest BCUT2D eigenvalue weighted by Gasteiger charge is 2.60. The molecule has 6 rings (SSSR count). The van der Waals surface area contributed by atoms with Crippen molar-refractivity contribution in [3.8, 4) is 0 Å². The quantitative estimate of drug-likeness (QED) is 0.687. The van der Waals surface area contributed by atoms with Gasteiger partial charge in [-0.15, -0.1) is 0 Å². The van der Waals surface area contributed by atoms with E-state index < -0.39 is 0 Å². The lowest BCUT2D eigenvalue weighted by Crippen LogP contribution is -2.69. The molecule has 2 saturated carbocycles. The first-order chi connectivity index (χ1) is 8.37. The van der Waals surface area contributed by atoms with Crippen LogP contribution in [0.5, 0.6) is 0 Å². The van der Waals surface area contributed by atoms with Gasteiger partial charge in [-0.1, -0.05) is 18.2 Å². The Morgan fingerprint density at radius 3 is 3.18 bits per heavy atom. The molecular weight excluding hydrogens is 210 g/mol. The molecule has 0 aromatic carbocycles. The van der Waals surface area contributed by atoms with Gasteiger partial charge in [0.05, 0.1) is 6.10 Å². The van der Waals surface area contributed by atoms with Gasteiger partial charge in [-0.25, -0.2) is 0 Å². The van der Waals surface area contributed by atoms with Crippen LogP contribution in [0.25, 0.3) is 0 Å². The molecule has 0 aromatic rings. The van der Waals surface area contributed by atoms with Crippen molar-refractivity contribution in [3.05, 3.63) is 35.1 Å². The van der Waals surface area contributed by atoms with Gasteiger partial charge in [0.15, 0.2) is 5.72 Å². The predicted octanol–water partition coefficient (Wildman–Crippen LogP) is 2.65. The van der Waals surface area contributed by atoms with E-state index in [0.717, 1.165) is 18.3 Å². The molecule has 1 saturated heterocycles. The number of hydrogen-bond acceptors (Lipinski definition) is 2. The Bertz CT molecular complexity index is 501. The summed E-state index contributed by atoms with van der Waals surface area (Å²) in [6.45, 7) is 0. The van der Waals surface area contributed by atoms with Gasteiger partial charge in [-0.2, -0.15) is 0 Å². The van der Waals surface area contributed by atoms with Gasteiger partial charge < -0.3 is 10.1 Å². The minimum atomic E-state index is -0.0376. The molecule has 17 heavy (non-hydrogen) atoms. The van der Waals surface area contributed by atoms with E-state index in [1.165, 1.54) is 37.0 Å². The average molecular weight is 227 g/mol. The van der Waals surface area contributed by atoms with Crippen molar-refractivity contribution in [2.75, 3.05) is 0 Å². The molecule has 3 aliphatic heterocycles. The minimum absolute atomic E-state index is 0.0376. The SMILES string of the molecule is C1=CCC2OC34CCC5CCC5C3=C(N4)C2=C1. The number of nitrogens with one attached hydrogen (secondary N) is 1. The van der Waals surface area contributed by atoms with Crippen molar-refractivity contribution in [2.45, 2.75) is 43.9 Å². The van der Waals surface area contributed by atoms with E-state index in [4.69, 9.17) is 4.74 Å². The van der Waals surface area contributed by atoms with Gasteiger partial charge in [0.2, 0.25) is 0 Å². The van der Waals surface area contributed by atoms with Gasteiger partial charge in [0, 0.05) is 16.8 Å². The molecule has 4 atom stereocenters. The molecule has 2 bridgehead atoms. The molecule has 1 N–H and O–H groups in total. The maximum absolute atomic E-state index is 6.41. The molecule has 2 nitrogen and oxygen atoms in total. The first kappa shape index (κ1) is 8.98. The molecule has 4 unspecified atom stereocenters. The standard InChI is InChI=1S/C15H17NO/c1-2-4-12-11(3-1)14-13-10-6-5-9(10)7-8-15(13,16-14)17-12/h1-3,9-10,12,16H,4-8H2. The van der Waals surface area contributed by atoms with E-state index in [-0.39, 0.29) is 5.72 Å². The Morgan fingerprint density at radius 1 is 1.29 bits per heavy atom. The van der Waals surface area contributed by atoms with Crippen LogP contribution in [0.2, 0.25) is 0 Å². The van der Waals surface area contributed by atoms with E-state index in [1.54, 1.807) is 5.57 Å². The smallest absolute Gasteiger partial charge is 0.164 e. The van der Waals surface area contributed by atoms with Crippen LogP contribution in [-0.4, -0.2) is 11.8 Å². The maximum atomic E-state index is 6.41. The third-order valence-corrected chi connectivity index (χ3v) is 5.43. The number of fused-ring (bicyclic) bond motifs is 1. The highest BCUT2D eigenvalue weighted by molar-refractivity contribution is 5.55. The number of allylic oxidation sites excluding steroid dienone is 2. The Labute approximate surface area is 101 Å². The summed E-state index contributed by atoms with van der Waals surface area (Å²) in [5.74, 6) is 1.81. The second kappa shape index (κ2) is 2.69. The zero-order valence-corrected chi connectivity index (χ0v) is 9.91. The largest absolute Gasteiger partial charge is 0.354 e. The van der Waals surface area contributed by atoms with Gasteiger partial charge in [-0.05, 0) is 43.9 Å². The van der Waals surface area contributed by atoms with Crippen molar-refractivity contribution >= 4 is 0 Å². The maximum Gasteiger partial charge on any atom is 0.164 e. The van der Waals surface area contributed by atoms with Crippen molar-refractivity contribution < 1.29 is 4.74 Å². The van der Waals surface area contributed by atoms with E-state index >= 15 is 0 Å². The molecule has 88 valence electrons. The van der Waals surface area contributed by atoms with E-state index in [0.29, 0.717) is 6.10 Å². The second-order valence-electron chi connectivity index (χ2n) is 6.12. The number of hydrogen-bond donors (Lipinski definition) is 1. The lowest BCUT2D eigenvalue weighted by Gasteiger charge is -2.63. The van der Waals surface area contributed by atoms with Crippen molar-refractivity contribution in [3.63, 3.8) is 0 Å². The van der Waals surface area contributed by atoms with Crippen LogP contribution in [0.4, 0.5) is 0 Å². The summed E-state index contributed by atoms with van der Waals surface area (Å²) >= 11 is 0. The van der Waals surface area contributed by atoms with Crippen LogP contribution in [0, 0.1) is 11.8 Å². The fourth-order valence-electron chi connectivity index (χ4n) is 4.43. The molecule has 0 aromatic heterocycles. The van der Waals surface area contributed by atoms with Crippen molar-refractivity contribution in [1.29, 1.82) is 0 Å². The first-order valence-corrected chi connectivity index (χ1v) is 6.95. The van der Waals surface area contributed by atoms with Crippen LogP contribution < -0.4 is 5.32 Å². The fraction of sp³-hybridized carbons (Fsp3) is 0.600. The third kappa shape index (κ3) is 0.899. The monoisotopic (exact) mass is 227 g/mol. The summed E-state index contributed by atoms with van der Waals surface area (Å²) in [5.41, 5.74) is 4.47. The van der Waals surface area contributed by atoms with Gasteiger partial charge in [-0.3, -0.25) is 0 Å². The first-order valence-electron chi connectivity index (χ1n) is 6.95. The van der Waals surface area contributed by atoms with Crippen LogP contribution >= 0.6 is 0 Å². The Balaban J connectivity index is 1.67.